The lowest BCUT2D eigenvalue weighted by atomic mass is 9.94. The summed E-state index contributed by atoms with van der Waals surface area (Å²) in [4.78, 5) is 11.5. The third-order valence-electron chi connectivity index (χ3n) is 3.30. The molecule has 7 heteroatoms. The number of nitrogens with one attached hydrogen (secondary N) is 2. The van der Waals surface area contributed by atoms with Crippen LogP contribution in [0.3, 0.4) is 0 Å². The second kappa shape index (κ2) is 7.38. The van der Waals surface area contributed by atoms with Gasteiger partial charge in [-0.25, -0.2) is 0 Å². The molecule has 112 valence electrons. The number of alkyl halides is 3. The standard InChI is InChI=1S/C12H21F3N2OS/c1-8(11(18)16-7-12(13,14)15)17-9-4-3-5-10(6-9)19-2/h8-10,17H,3-7H2,1-2H3,(H,16,18). The normalized spacial score (nSPS) is 25.9. The molecular formula is C12H21F3N2OS. The summed E-state index contributed by atoms with van der Waals surface area (Å²) in [6.07, 6.45) is 1.93. The van der Waals surface area contributed by atoms with E-state index in [4.69, 9.17) is 0 Å². The summed E-state index contributed by atoms with van der Waals surface area (Å²) < 4.78 is 36.0. The molecular weight excluding hydrogens is 277 g/mol. The Kier molecular flexibility index (Phi) is 6.46. The van der Waals surface area contributed by atoms with E-state index in [1.165, 1.54) is 6.42 Å². The van der Waals surface area contributed by atoms with Crippen LogP contribution >= 0.6 is 11.8 Å². The average molecular weight is 298 g/mol. The van der Waals surface area contributed by atoms with Crippen molar-refractivity contribution in [1.29, 1.82) is 0 Å². The first-order chi connectivity index (χ1) is 8.81. The maximum atomic E-state index is 12.0. The first-order valence-corrected chi connectivity index (χ1v) is 7.74. The first kappa shape index (κ1) is 16.6. The van der Waals surface area contributed by atoms with Gasteiger partial charge in [-0.3, -0.25) is 4.79 Å². The fourth-order valence-corrected chi connectivity index (χ4v) is 3.11. The Bertz CT molecular complexity index is 299. The zero-order valence-electron chi connectivity index (χ0n) is 11.2. The summed E-state index contributed by atoms with van der Waals surface area (Å²) in [7, 11) is 0. The minimum absolute atomic E-state index is 0.220. The van der Waals surface area contributed by atoms with Crippen LogP contribution in [0.25, 0.3) is 0 Å². The first-order valence-electron chi connectivity index (χ1n) is 6.45. The predicted octanol–water partition coefficient (Wildman–Crippen LogP) is 2.32. The second-order valence-corrected chi connectivity index (χ2v) is 6.08. The van der Waals surface area contributed by atoms with Gasteiger partial charge in [0, 0.05) is 11.3 Å². The van der Waals surface area contributed by atoms with E-state index < -0.39 is 24.7 Å². The van der Waals surface area contributed by atoms with Crippen molar-refractivity contribution >= 4 is 17.7 Å². The highest BCUT2D eigenvalue weighted by atomic mass is 32.2. The quantitative estimate of drug-likeness (QED) is 0.818. The van der Waals surface area contributed by atoms with Crippen LogP contribution in [-0.4, -0.2) is 42.2 Å². The van der Waals surface area contributed by atoms with E-state index in [1.54, 1.807) is 6.92 Å². The van der Waals surface area contributed by atoms with E-state index in [9.17, 15) is 18.0 Å². The summed E-state index contributed by atoms with van der Waals surface area (Å²) in [5, 5.41) is 5.61. The van der Waals surface area contributed by atoms with Gasteiger partial charge in [-0.1, -0.05) is 6.42 Å². The molecule has 0 aromatic rings. The van der Waals surface area contributed by atoms with Gasteiger partial charge in [0.05, 0.1) is 6.04 Å². The van der Waals surface area contributed by atoms with E-state index in [0.29, 0.717) is 5.25 Å². The number of amides is 1. The molecule has 1 fully saturated rings. The van der Waals surface area contributed by atoms with Crippen molar-refractivity contribution in [2.75, 3.05) is 12.8 Å². The topological polar surface area (TPSA) is 41.1 Å². The second-order valence-electron chi connectivity index (χ2n) is 4.94. The highest BCUT2D eigenvalue weighted by molar-refractivity contribution is 7.99. The smallest absolute Gasteiger partial charge is 0.346 e. The number of rotatable bonds is 5. The van der Waals surface area contributed by atoms with Crippen molar-refractivity contribution in [3.8, 4) is 0 Å². The van der Waals surface area contributed by atoms with Crippen molar-refractivity contribution < 1.29 is 18.0 Å². The molecule has 0 aromatic carbocycles. The summed E-state index contributed by atoms with van der Waals surface area (Å²) in [6.45, 7) is 0.338. The van der Waals surface area contributed by atoms with Crippen LogP contribution in [0.15, 0.2) is 0 Å². The molecule has 3 nitrogen and oxygen atoms in total. The van der Waals surface area contributed by atoms with Crippen LogP contribution in [0.2, 0.25) is 0 Å². The molecule has 1 amide bonds. The molecule has 1 rings (SSSR count). The van der Waals surface area contributed by atoms with Crippen LogP contribution in [0.1, 0.15) is 32.6 Å². The van der Waals surface area contributed by atoms with Crippen molar-refractivity contribution in [2.45, 2.75) is 56.1 Å². The Labute approximate surface area is 116 Å². The fraction of sp³-hybridized carbons (Fsp3) is 0.917. The van der Waals surface area contributed by atoms with Crippen LogP contribution in [0, 0.1) is 0 Å². The van der Waals surface area contributed by atoms with E-state index in [-0.39, 0.29) is 6.04 Å². The van der Waals surface area contributed by atoms with E-state index in [0.717, 1.165) is 19.3 Å². The van der Waals surface area contributed by atoms with Gasteiger partial charge in [0.25, 0.3) is 0 Å². The zero-order chi connectivity index (χ0) is 14.5. The summed E-state index contributed by atoms with van der Waals surface area (Å²) >= 11 is 1.81. The molecule has 0 aliphatic heterocycles. The molecule has 1 aliphatic rings. The molecule has 0 bridgehead atoms. The molecule has 0 heterocycles. The Hall–Kier alpha value is -0.430. The Morgan fingerprint density at radius 2 is 2.11 bits per heavy atom. The molecule has 3 atom stereocenters. The Morgan fingerprint density at radius 3 is 2.68 bits per heavy atom. The number of hydrogen-bond acceptors (Lipinski definition) is 3. The third-order valence-corrected chi connectivity index (χ3v) is 4.40. The monoisotopic (exact) mass is 298 g/mol. The van der Waals surface area contributed by atoms with Gasteiger partial charge in [0.1, 0.15) is 6.54 Å². The van der Waals surface area contributed by atoms with Gasteiger partial charge in [0.15, 0.2) is 0 Å². The summed E-state index contributed by atoms with van der Waals surface area (Å²) in [5.41, 5.74) is 0. The Morgan fingerprint density at radius 1 is 1.42 bits per heavy atom. The van der Waals surface area contributed by atoms with Crippen molar-refractivity contribution in [1.82, 2.24) is 10.6 Å². The molecule has 0 saturated heterocycles. The maximum Gasteiger partial charge on any atom is 0.405 e. The van der Waals surface area contributed by atoms with Crippen LogP contribution in [0.5, 0.6) is 0 Å². The highest BCUT2D eigenvalue weighted by Gasteiger charge is 2.29. The highest BCUT2D eigenvalue weighted by Crippen LogP contribution is 2.27. The van der Waals surface area contributed by atoms with Gasteiger partial charge in [0.2, 0.25) is 5.91 Å². The lowest BCUT2D eigenvalue weighted by molar-refractivity contribution is -0.139. The lowest BCUT2D eigenvalue weighted by Gasteiger charge is -2.30. The molecule has 1 saturated carbocycles. The largest absolute Gasteiger partial charge is 0.405 e. The van der Waals surface area contributed by atoms with E-state index in [2.05, 4.69) is 11.6 Å². The maximum absolute atomic E-state index is 12.0. The fourth-order valence-electron chi connectivity index (χ4n) is 2.28. The minimum atomic E-state index is -4.36. The minimum Gasteiger partial charge on any atom is -0.346 e. The van der Waals surface area contributed by atoms with Crippen LogP contribution < -0.4 is 10.6 Å². The summed E-state index contributed by atoms with van der Waals surface area (Å²) in [6, 6.07) is -0.370. The number of carbonyl (C=O) groups is 1. The molecule has 0 spiro atoms. The Balaban J connectivity index is 2.33. The van der Waals surface area contributed by atoms with Gasteiger partial charge >= 0.3 is 6.18 Å². The van der Waals surface area contributed by atoms with Gasteiger partial charge in [-0.05, 0) is 32.4 Å². The SMILES string of the molecule is CSC1CCCC(NC(C)C(=O)NCC(F)(F)F)C1. The molecule has 0 radical (unpaired) electrons. The number of carbonyl (C=O) groups excluding carboxylic acids is 1. The molecule has 3 unspecified atom stereocenters. The van der Waals surface area contributed by atoms with Gasteiger partial charge in [-0.15, -0.1) is 0 Å². The van der Waals surface area contributed by atoms with E-state index in [1.807, 2.05) is 17.1 Å². The zero-order valence-corrected chi connectivity index (χ0v) is 12.0. The molecule has 2 N–H and O–H groups in total. The number of halogens is 3. The predicted molar refractivity (Wildman–Crippen MR) is 71.2 cm³/mol. The van der Waals surface area contributed by atoms with Crippen LogP contribution in [0.4, 0.5) is 13.2 Å². The van der Waals surface area contributed by atoms with Crippen molar-refractivity contribution in [2.24, 2.45) is 0 Å². The molecule has 1 aliphatic carbocycles. The number of thioether (sulfide) groups is 1. The lowest BCUT2D eigenvalue weighted by Crippen LogP contribution is -2.49. The van der Waals surface area contributed by atoms with Gasteiger partial charge < -0.3 is 10.6 Å². The third kappa shape index (κ3) is 6.51. The molecule has 19 heavy (non-hydrogen) atoms. The van der Waals surface area contributed by atoms with Crippen LogP contribution in [-0.2, 0) is 4.79 Å². The average Bonchev–Trinajstić information content (AvgIpc) is 2.35. The number of hydrogen-bond donors (Lipinski definition) is 2. The van der Waals surface area contributed by atoms with E-state index >= 15 is 0 Å². The molecule has 0 aromatic heterocycles. The van der Waals surface area contributed by atoms with Gasteiger partial charge in [-0.2, -0.15) is 24.9 Å². The van der Waals surface area contributed by atoms with Crippen molar-refractivity contribution in [3.05, 3.63) is 0 Å². The summed E-state index contributed by atoms with van der Waals surface area (Å²) in [5.74, 6) is -0.594. The van der Waals surface area contributed by atoms with Crippen molar-refractivity contribution in [3.63, 3.8) is 0 Å².